The summed E-state index contributed by atoms with van der Waals surface area (Å²) in [5, 5.41) is 0. The van der Waals surface area contributed by atoms with Gasteiger partial charge in [-0.2, -0.15) is 11.8 Å². The molecule has 2 heteroatoms. The lowest BCUT2D eigenvalue weighted by Gasteiger charge is -1.97. The zero-order chi connectivity index (χ0) is 9.94. The van der Waals surface area contributed by atoms with Crippen molar-refractivity contribution < 1.29 is 0 Å². The summed E-state index contributed by atoms with van der Waals surface area (Å²) < 4.78 is 0. The van der Waals surface area contributed by atoms with Gasteiger partial charge in [0, 0.05) is 11.9 Å². The smallest absolute Gasteiger partial charge is 0.0411 e. The van der Waals surface area contributed by atoms with Crippen LogP contribution in [0.1, 0.15) is 26.5 Å². The number of pyridine rings is 1. The molecule has 1 aromatic rings. The molecular formula is C11H19NS. The van der Waals surface area contributed by atoms with Crippen LogP contribution in [0.25, 0.3) is 0 Å². The van der Waals surface area contributed by atoms with Crippen LogP contribution in [0.2, 0.25) is 0 Å². The summed E-state index contributed by atoms with van der Waals surface area (Å²) in [6, 6.07) is 6.08. The third-order valence-corrected chi connectivity index (χ3v) is 2.33. The highest BCUT2D eigenvalue weighted by Crippen LogP contribution is 2.03. The van der Waals surface area contributed by atoms with Gasteiger partial charge in [-0.05, 0) is 30.1 Å². The third kappa shape index (κ3) is 6.64. The summed E-state index contributed by atoms with van der Waals surface area (Å²) in [6.07, 6.45) is 2.95. The summed E-state index contributed by atoms with van der Waals surface area (Å²) in [5.41, 5.74) is 1.20. The molecule has 0 atom stereocenters. The van der Waals surface area contributed by atoms with E-state index in [1.54, 1.807) is 0 Å². The normalized spacial score (nSPS) is 8.85. The van der Waals surface area contributed by atoms with Crippen molar-refractivity contribution in [3.63, 3.8) is 0 Å². The molecule has 0 saturated heterocycles. The van der Waals surface area contributed by atoms with E-state index < -0.39 is 0 Å². The number of rotatable bonds is 4. The van der Waals surface area contributed by atoms with Gasteiger partial charge in [-0.25, -0.2) is 0 Å². The highest BCUT2D eigenvalue weighted by molar-refractivity contribution is 7.99. The number of aryl methyl sites for hydroxylation is 1. The molecular weight excluding hydrogens is 178 g/mol. The molecule has 0 amide bonds. The van der Waals surface area contributed by atoms with E-state index in [0.717, 1.165) is 6.42 Å². The lowest BCUT2D eigenvalue weighted by Crippen LogP contribution is -1.91. The fourth-order valence-corrected chi connectivity index (χ4v) is 1.51. The Hall–Kier alpha value is -0.500. The molecule has 0 aliphatic rings. The first kappa shape index (κ1) is 12.5. The monoisotopic (exact) mass is 197 g/mol. The van der Waals surface area contributed by atoms with Gasteiger partial charge in [-0.15, -0.1) is 0 Å². The van der Waals surface area contributed by atoms with Crippen molar-refractivity contribution in [2.24, 2.45) is 0 Å². The number of thioether (sulfide) groups is 1. The van der Waals surface area contributed by atoms with Gasteiger partial charge < -0.3 is 0 Å². The second kappa shape index (κ2) is 9.59. The quantitative estimate of drug-likeness (QED) is 0.686. The summed E-state index contributed by atoms with van der Waals surface area (Å²) in [4.78, 5) is 4.24. The lowest BCUT2D eigenvalue weighted by atomic mass is 10.3. The van der Waals surface area contributed by atoms with E-state index in [1.165, 1.54) is 17.2 Å². The van der Waals surface area contributed by atoms with Crippen LogP contribution in [0.3, 0.4) is 0 Å². The van der Waals surface area contributed by atoms with Gasteiger partial charge in [0.2, 0.25) is 0 Å². The van der Waals surface area contributed by atoms with Gasteiger partial charge in [0.1, 0.15) is 0 Å². The summed E-state index contributed by atoms with van der Waals surface area (Å²) >= 11 is 1.96. The fraction of sp³-hybridized carbons (Fsp3) is 0.545. The maximum atomic E-state index is 4.24. The molecule has 0 bridgehead atoms. The van der Waals surface area contributed by atoms with Crippen molar-refractivity contribution in [3.05, 3.63) is 30.1 Å². The molecule has 0 aliphatic carbocycles. The van der Waals surface area contributed by atoms with Crippen molar-refractivity contribution >= 4 is 11.8 Å². The van der Waals surface area contributed by atoms with Crippen molar-refractivity contribution in [2.75, 3.05) is 11.5 Å². The van der Waals surface area contributed by atoms with Crippen LogP contribution in [0.4, 0.5) is 0 Å². The lowest BCUT2D eigenvalue weighted by molar-refractivity contribution is 1.05. The van der Waals surface area contributed by atoms with Crippen LogP contribution in [-0.2, 0) is 6.42 Å². The van der Waals surface area contributed by atoms with Gasteiger partial charge in [-0.3, -0.25) is 4.98 Å². The standard InChI is InChI=1S/C9H13NS.C2H6/c1-2-11-8-6-9-5-3-4-7-10-9;1-2/h3-5,7H,2,6,8H2,1H3;1-2H3. The van der Waals surface area contributed by atoms with Gasteiger partial charge in [-0.1, -0.05) is 26.8 Å². The molecule has 0 fully saturated rings. The van der Waals surface area contributed by atoms with Crippen molar-refractivity contribution in [1.82, 2.24) is 4.98 Å². The summed E-state index contributed by atoms with van der Waals surface area (Å²) in [7, 11) is 0. The number of hydrogen-bond acceptors (Lipinski definition) is 2. The Balaban J connectivity index is 0.000000671. The van der Waals surface area contributed by atoms with Crippen LogP contribution in [0, 0.1) is 0 Å². The van der Waals surface area contributed by atoms with Gasteiger partial charge in [0.05, 0.1) is 0 Å². The van der Waals surface area contributed by atoms with Gasteiger partial charge >= 0.3 is 0 Å². The van der Waals surface area contributed by atoms with E-state index in [4.69, 9.17) is 0 Å². The second-order valence-electron chi connectivity index (χ2n) is 2.27. The minimum atomic E-state index is 1.10. The molecule has 0 saturated carbocycles. The average Bonchev–Trinajstić information content (AvgIpc) is 2.23. The average molecular weight is 197 g/mol. The minimum absolute atomic E-state index is 1.10. The molecule has 0 radical (unpaired) electrons. The second-order valence-corrected chi connectivity index (χ2v) is 3.66. The molecule has 1 heterocycles. The molecule has 74 valence electrons. The highest BCUT2D eigenvalue weighted by Gasteiger charge is 1.90. The Bertz CT molecular complexity index is 187. The highest BCUT2D eigenvalue weighted by atomic mass is 32.2. The minimum Gasteiger partial charge on any atom is -0.261 e. The molecule has 0 N–H and O–H groups in total. The van der Waals surface area contributed by atoms with Gasteiger partial charge in [0.25, 0.3) is 0 Å². The predicted molar refractivity (Wildman–Crippen MR) is 62.3 cm³/mol. The molecule has 0 aromatic carbocycles. The van der Waals surface area contributed by atoms with E-state index in [-0.39, 0.29) is 0 Å². The molecule has 0 unspecified atom stereocenters. The first-order valence-corrected chi connectivity index (χ1v) is 6.06. The number of nitrogens with zero attached hydrogens (tertiary/aromatic N) is 1. The summed E-state index contributed by atoms with van der Waals surface area (Å²) in [6.45, 7) is 6.18. The van der Waals surface area contributed by atoms with E-state index in [1.807, 2.05) is 43.9 Å². The van der Waals surface area contributed by atoms with Crippen molar-refractivity contribution in [2.45, 2.75) is 27.2 Å². The Kier molecular flexibility index (Phi) is 9.22. The Labute approximate surface area is 86.0 Å². The van der Waals surface area contributed by atoms with E-state index in [0.29, 0.717) is 0 Å². The van der Waals surface area contributed by atoms with E-state index in [9.17, 15) is 0 Å². The van der Waals surface area contributed by atoms with Gasteiger partial charge in [0.15, 0.2) is 0 Å². The third-order valence-electron chi connectivity index (χ3n) is 1.43. The van der Waals surface area contributed by atoms with E-state index >= 15 is 0 Å². The van der Waals surface area contributed by atoms with Crippen LogP contribution in [-0.4, -0.2) is 16.5 Å². The Morgan fingerprint density at radius 2 is 2.08 bits per heavy atom. The van der Waals surface area contributed by atoms with Crippen LogP contribution in [0.5, 0.6) is 0 Å². The van der Waals surface area contributed by atoms with Crippen LogP contribution in [0.15, 0.2) is 24.4 Å². The molecule has 1 rings (SSSR count). The Morgan fingerprint density at radius 3 is 2.62 bits per heavy atom. The topological polar surface area (TPSA) is 12.9 Å². The number of aromatic nitrogens is 1. The van der Waals surface area contributed by atoms with Crippen LogP contribution < -0.4 is 0 Å². The first-order valence-electron chi connectivity index (χ1n) is 4.91. The Morgan fingerprint density at radius 1 is 1.31 bits per heavy atom. The molecule has 1 nitrogen and oxygen atoms in total. The molecule has 0 aliphatic heterocycles. The predicted octanol–water partition coefficient (Wildman–Crippen LogP) is 3.40. The maximum absolute atomic E-state index is 4.24. The molecule has 1 aromatic heterocycles. The first-order chi connectivity index (χ1) is 6.43. The largest absolute Gasteiger partial charge is 0.261 e. The van der Waals surface area contributed by atoms with Crippen molar-refractivity contribution in [3.8, 4) is 0 Å². The van der Waals surface area contributed by atoms with Crippen LogP contribution >= 0.6 is 11.8 Å². The SMILES string of the molecule is CC.CCSCCc1ccccn1. The molecule has 0 spiro atoms. The zero-order valence-electron chi connectivity index (χ0n) is 8.79. The molecule has 13 heavy (non-hydrogen) atoms. The van der Waals surface area contributed by atoms with E-state index in [2.05, 4.69) is 18.0 Å². The fourth-order valence-electron chi connectivity index (χ4n) is 0.867. The number of hydrogen-bond donors (Lipinski definition) is 0. The van der Waals surface area contributed by atoms with Crippen molar-refractivity contribution in [1.29, 1.82) is 0 Å². The zero-order valence-corrected chi connectivity index (χ0v) is 9.60. The maximum Gasteiger partial charge on any atom is 0.0411 e. The summed E-state index contributed by atoms with van der Waals surface area (Å²) in [5.74, 6) is 2.39.